The molecule has 0 unspecified atom stereocenters. The quantitative estimate of drug-likeness (QED) is 0.302. The van der Waals surface area contributed by atoms with Crippen LogP contribution in [0.3, 0.4) is 0 Å². The SMILES string of the molecule is COc1cc2nc(CCn3c(=O)n4n(c3=O)[C@@H]3C[C@H]5C(=O)C=C(C)C(=O)[C@@]5(C)[C@@H](c5cc(C)c(O)c(C)c5)C3=CC4)c(=O)n(C)c2cc1OC. The van der Waals surface area contributed by atoms with Crippen molar-refractivity contribution in [3.8, 4) is 17.2 Å². The molecule has 1 saturated carbocycles. The number of hydrogen-bond donors (Lipinski definition) is 1. The molecular weight excluding hydrogens is 642 g/mol. The number of benzene rings is 2. The van der Waals surface area contributed by atoms with Gasteiger partial charge in [-0.15, -0.1) is 0 Å². The molecule has 260 valence electrons. The molecule has 2 aliphatic carbocycles. The number of Topliss-reactive ketones (excluding diaryl/α,β-unsaturated/α-hetero) is 1. The number of allylic oxidation sites excluding steroid dienone is 4. The smallest absolute Gasteiger partial charge is 0.347 e. The first kappa shape index (κ1) is 33.1. The lowest BCUT2D eigenvalue weighted by Crippen LogP contribution is -2.54. The van der Waals surface area contributed by atoms with Gasteiger partial charge in [0.1, 0.15) is 11.4 Å². The molecule has 3 aliphatic rings. The van der Waals surface area contributed by atoms with Crippen molar-refractivity contribution in [1.82, 2.24) is 23.5 Å². The minimum absolute atomic E-state index is 0.00745. The van der Waals surface area contributed by atoms with Gasteiger partial charge in [0, 0.05) is 44.0 Å². The van der Waals surface area contributed by atoms with Gasteiger partial charge in [-0.25, -0.2) is 28.5 Å². The highest BCUT2D eigenvalue weighted by Crippen LogP contribution is 2.60. The van der Waals surface area contributed by atoms with Crippen LogP contribution in [-0.4, -0.2) is 54.4 Å². The van der Waals surface area contributed by atoms with Crippen molar-refractivity contribution in [3.63, 3.8) is 0 Å². The Bertz CT molecular complexity index is 2380. The average Bonchev–Trinajstić information content (AvgIpc) is 3.34. The maximum Gasteiger partial charge on any atom is 0.347 e. The zero-order valence-electron chi connectivity index (χ0n) is 29.1. The molecule has 13 nitrogen and oxygen atoms in total. The van der Waals surface area contributed by atoms with Gasteiger partial charge in [0.05, 0.1) is 43.3 Å². The fourth-order valence-electron chi connectivity index (χ4n) is 8.52. The summed E-state index contributed by atoms with van der Waals surface area (Å²) in [4.78, 5) is 73.7. The lowest BCUT2D eigenvalue weighted by molar-refractivity contribution is -0.139. The zero-order chi connectivity index (χ0) is 36.0. The summed E-state index contributed by atoms with van der Waals surface area (Å²) < 4.78 is 16.1. The van der Waals surface area contributed by atoms with Crippen LogP contribution in [0.5, 0.6) is 17.2 Å². The van der Waals surface area contributed by atoms with E-state index in [0.717, 1.165) is 15.7 Å². The monoisotopic (exact) mass is 681 g/mol. The van der Waals surface area contributed by atoms with Gasteiger partial charge in [0.2, 0.25) is 0 Å². The van der Waals surface area contributed by atoms with Crippen LogP contribution in [0.15, 0.2) is 61.9 Å². The molecule has 1 fully saturated rings. The summed E-state index contributed by atoms with van der Waals surface area (Å²) in [6, 6.07) is 6.33. The fourth-order valence-corrected chi connectivity index (χ4v) is 8.52. The van der Waals surface area contributed by atoms with Gasteiger partial charge in [0.25, 0.3) is 5.56 Å². The van der Waals surface area contributed by atoms with Crippen LogP contribution in [0.2, 0.25) is 0 Å². The third-order valence-electron chi connectivity index (χ3n) is 11.1. The Morgan fingerprint density at radius 1 is 0.960 bits per heavy atom. The normalized spacial score (nSPS) is 22.8. The predicted molar refractivity (Wildman–Crippen MR) is 184 cm³/mol. The van der Waals surface area contributed by atoms with E-state index < -0.39 is 34.7 Å². The summed E-state index contributed by atoms with van der Waals surface area (Å²) in [6.45, 7) is 7.02. The van der Waals surface area contributed by atoms with E-state index in [0.29, 0.717) is 39.2 Å². The summed E-state index contributed by atoms with van der Waals surface area (Å²) in [7, 11) is 4.62. The summed E-state index contributed by atoms with van der Waals surface area (Å²) in [5, 5.41) is 10.6. The van der Waals surface area contributed by atoms with Crippen molar-refractivity contribution in [1.29, 1.82) is 0 Å². The molecule has 0 amide bonds. The van der Waals surface area contributed by atoms with Gasteiger partial charge in [0.15, 0.2) is 23.1 Å². The Balaban J connectivity index is 1.31. The number of hydrogen-bond acceptors (Lipinski definition) is 9. The van der Waals surface area contributed by atoms with Gasteiger partial charge in [-0.3, -0.25) is 14.4 Å². The number of ketones is 2. The Morgan fingerprint density at radius 3 is 2.28 bits per heavy atom. The van der Waals surface area contributed by atoms with Gasteiger partial charge in [-0.2, -0.15) is 0 Å². The highest BCUT2D eigenvalue weighted by atomic mass is 16.5. The third-order valence-corrected chi connectivity index (χ3v) is 11.1. The van der Waals surface area contributed by atoms with E-state index in [2.05, 4.69) is 4.98 Å². The van der Waals surface area contributed by atoms with Crippen molar-refractivity contribution in [3.05, 3.63) is 101 Å². The standard InChI is InChI=1S/C37H39N5O8/c1-18-12-21(13-19(2)32(18)44)31-22-8-11-41-35(47)40(36(48)42(41)26(22)15-23-28(43)14-20(3)33(45)37(23,31)4)10-9-24-34(46)39(5)27-17-30(50-7)29(49-6)16-25(27)38-24/h8,12-14,16-17,23,26,31,44H,9-11,15H2,1-7H3/t23-,26+,31-,37+/m0/s1. The summed E-state index contributed by atoms with van der Waals surface area (Å²) >= 11 is 0. The van der Waals surface area contributed by atoms with E-state index in [1.807, 2.05) is 25.1 Å². The second kappa shape index (κ2) is 11.6. The maximum absolute atomic E-state index is 14.2. The van der Waals surface area contributed by atoms with Crippen molar-refractivity contribution in [2.75, 3.05) is 14.2 Å². The Labute approximate surface area is 286 Å². The first-order chi connectivity index (χ1) is 23.7. The highest BCUT2D eigenvalue weighted by Gasteiger charge is 2.59. The number of nitrogens with zero attached hydrogens (tertiary/aromatic N) is 5. The molecule has 4 aromatic rings. The van der Waals surface area contributed by atoms with Crippen LogP contribution in [0.4, 0.5) is 0 Å². The number of methoxy groups -OCH3 is 2. The molecule has 3 heterocycles. The number of aromatic hydroxyl groups is 1. The molecule has 2 aromatic heterocycles. The molecule has 0 bridgehead atoms. The number of phenols is 1. The van der Waals surface area contributed by atoms with Crippen LogP contribution in [0, 0.1) is 25.2 Å². The second-order valence-electron chi connectivity index (χ2n) is 13.8. The molecular formula is C37H39N5O8. The van der Waals surface area contributed by atoms with Crippen molar-refractivity contribution < 1.29 is 24.2 Å². The maximum atomic E-state index is 14.2. The van der Waals surface area contributed by atoms with Gasteiger partial charge in [-0.05, 0) is 61.1 Å². The number of phenolic OH excluding ortho intramolecular Hbond substituents is 1. The number of aromatic nitrogens is 5. The molecule has 1 aliphatic heterocycles. The largest absolute Gasteiger partial charge is 0.507 e. The first-order valence-electron chi connectivity index (χ1n) is 16.5. The number of fused-ring (bicyclic) bond motifs is 5. The molecule has 0 saturated heterocycles. The molecule has 7 rings (SSSR count). The minimum Gasteiger partial charge on any atom is -0.507 e. The predicted octanol–water partition coefficient (Wildman–Crippen LogP) is 3.03. The van der Waals surface area contributed by atoms with E-state index >= 15 is 0 Å². The van der Waals surface area contributed by atoms with Crippen molar-refractivity contribution >= 4 is 22.6 Å². The van der Waals surface area contributed by atoms with E-state index in [-0.39, 0.29) is 54.5 Å². The van der Waals surface area contributed by atoms with Crippen LogP contribution < -0.4 is 26.4 Å². The highest BCUT2D eigenvalue weighted by molar-refractivity contribution is 6.13. The van der Waals surface area contributed by atoms with Gasteiger partial charge in [-0.1, -0.05) is 25.1 Å². The number of carbonyl (C=O) groups is 2. The van der Waals surface area contributed by atoms with Crippen LogP contribution >= 0.6 is 0 Å². The van der Waals surface area contributed by atoms with Crippen LogP contribution in [-0.2, 0) is 36.1 Å². The van der Waals surface area contributed by atoms with Crippen LogP contribution in [0.25, 0.3) is 11.0 Å². The molecule has 4 atom stereocenters. The van der Waals surface area contributed by atoms with E-state index in [9.17, 15) is 29.1 Å². The fraction of sp³-hybridized carbons (Fsp3) is 0.405. The van der Waals surface area contributed by atoms with Gasteiger partial charge >= 0.3 is 11.4 Å². The third kappa shape index (κ3) is 4.58. The summed E-state index contributed by atoms with van der Waals surface area (Å²) in [5.74, 6) is -0.634. The van der Waals surface area contributed by atoms with E-state index in [4.69, 9.17) is 9.47 Å². The zero-order valence-corrected chi connectivity index (χ0v) is 29.1. The Hall–Kier alpha value is -5.46. The average molecular weight is 682 g/mol. The second-order valence-corrected chi connectivity index (χ2v) is 13.8. The van der Waals surface area contributed by atoms with Crippen molar-refractivity contribution in [2.45, 2.75) is 65.6 Å². The minimum atomic E-state index is -1.14. The number of ether oxygens (including phenoxy) is 2. The first-order valence-corrected chi connectivity index (χ1v) is 16.5. The Kier molecular flexibility index (Phi) is 7.65. The Morgan fingerprint density at radius 2 is 1.62 bits per heavy atom. The molecule has 13 heteroatoms. The number of carbonyl (C=O) groups excluding carboxylic acids is 2. The number of aryl methyl sites for hydroxylation is 4. The number of rotatable bonds is 6. The lowest BCUT2D eigenvalue weighted by Gasteiger charge is -2.52. The van der Waals surface area contributed by atoms with E-state index in [1.54, 1.807) is 40.0 Å². The molecule has 0 spiro atoms. The van der Waals surface area contributed by atoms with Crippen LogP contribution in [0.1, 0.15) is 54.6 Å². The van der Waals surface area contributed by atoms with Gasteiger partial charge < -0.3 is 19.1 Å². The molecule has 50 heavy (non-hydrogen) atoms. The summed E-state index contributed by atoms with van der Waals surface area (Å²) in [6.07, 6.45) is 3.45. The topological polar surface area (TPSA) is 157 Å². The van der Waals surface area contributed by atoms with E-state index in [1.165, 1.54) is 34.2 Å². The molecule has 1 N–H and O–H groups in total. The molecule has 2 aromatic carbocycles. The van der Waals surface area contributed by atoms with Crippen molar-refractivity contribution in [2.24, 2.45) is 18.4 Å². The summed E-state index contributed by atoms with van der Waals surface area (Å²) in [5.41, 5.74) is 1.74. The molecule has 0 radical (unpaired) electrons. The lowest BCUT2D eigenvalue weighted by atomic mass is 9.51.